The molecule has 12 heteroatoms. The monoisotopic (exact) mass is 642 g/mol. The van der Waals surface area contributed by atoms with E-state index in [-0.39, 0.29) is 37.7 Å². The van der Waals surface area contributed by atoms with Crippen molar-refractivity contribution in [2.45, 2.75) is 38.0 Å². The smallest absolute Gasteiger partial charge is 0.339 e. The van der Waals surface area contributed by atoms with E-state index in [1.807, 2.05) is 13.8 Å². The van der Waals surface area contributed by atoms with Gasteiger partial charge in [-0.3, -0.25) is 19.2 Å². The molecule has 1 aliphatic heterocycles. The third-order valence-electron chi connectivity index (χ3n) is 7.79. The Labute approximate surface area is 259 Å². The van der Waals surface area contributed by atoms with Gasteiger partial charge in [0.2, 0.25) is 0 Å². The second-order valence-electron chi connectivity index (χ2n) is 10.9. The molecule has 43 heavy (non-hydrogen) atoms. The summed E-state index contributed by atoms with van der Waals surface area (Å²) in [6.07, 6.45) is 1.80. The van der Waals surface area contributed by atoms with E-state index in [0.717, 1.165) is 22.0 Å². The fourth-order valence-corrected chi connectivity index (χ4v) is 6.87. The number of aryl methyl sites for hydroxylation is 1. The molecule has 5 rings (SSSR count). The second kappa shape index (κ2) is 12.1. The van der Waals surface area contributed by atoms with Crippen molar-refractivity contribution >= 4 is 56.8 Å². The minimum atomic E-state index is -4.11. The van der Waals surface area contributed by atoms with E-state index < -0.39 is 52.0 Å². The zero-order valence-corrected chi connectivity index (χ0v) is 25.7. The highest BCUT2D eigenvalue weighted by Crippen LogP contribution is 2.41. The molecule has 1 saturated carbocycles. The molecule has 1 saturated heterocycles. The molecule has 2 fully saturated rings. The van der Waals surface area contributed by atoms with Gasteiger partial charge < -0.3 is 4.18 Å². The summed E-state index contributed by atoms with van der Waals surface area (Å²) in [5.41, 5.74) is 0.955. The number of carbonyl (C=O) groups excluding carboxylic acids is 4. The zero-order chi connectivity index (χ0) is 31.1. The molecule has 1 heterocycles. The molecule has 0 bridgehead atoms. The predicted octanol–water partition coefficient (Wildman–Crippen LogP) is 5.73. The number of amides is 3. The molecule has 3 aromatic rings. The average molecular weight is 644 g/mol. The Bertz CT molecular complexity index is 1710. The van der Waals surface area contributed by atoms with E-state index in [0.29, 0.717) is 12.8 Å². The summed E-state index contributed by atoms with van der Waals surface area (Å²) in [6.45, 7) is 3.19. The lowest BCUT2D eigenvalue weighted by Crippen LogP contribution is -2.52. The first-order chi connectivity index (χ1) is 20.4. The minimum Gasteiger partial charge on any atom is -0.379 e. The first-order valence-electron chi connectivity index (χ1n) is 13.6. The quantitative estimate of drug-likeness (QED) is 0.175. The topological polar surface area (TPSA) is 118 Å². The van der Waals surface area contributed by atoms with Gasteiger partial charge in [-0.25, -0.2) is 5.01 Å². The number of hydrogen-bond acceptors (Lipinski definition) is 7. The van der Waals surface area contributed by atoms with Crippen LogP contribution in [0.2, 0.25) is 10.0 Å². The second-order valence-corrected chi connectivity index (χ2v) is 13.3. The number of halogens is 2. The minimum absolute atomic E-state index is 0.00336. The van der Waals surface area contributed by atoms with Gasteiger partial charge in [0, 0.05) is 10.6 Å². The van der Waals surface area contributed by atoms with Crippen molar-refractivity contribution in [1.82, 2.24) is 10.0 Å². The highest BCUT2D eigenvalue weighted by molar-refractivity contribution is 7.87. The summed E-state index contributed by atoms with van der Waals surface area (Å²) in [5, 5.41) is 1.92. The molecule has 9 nitrogen and oxygen atoms in total. The number of ketones is 1. The van der Waals surface area contributed by atoms with Crippen molar-refractivity contribution in [3.05, 3.63) is 93.5 Å². The van der Waals surface area contributed by atoms with Crippen LogP contribution in [0.3, 0.4) is 0 Å². The lowest BCUT2D eigenvalue weighted by molar-refractivity contribution is -0.154. The van der Waals surface area contributed by atoms with E-state index in [9.17, 15) is 27.6 Å². The molecule has 0 aromatic heterocycles. The standard InChI is InChI=1S/C31H28Cl2N2O7S/c1-18-3-11-23(12-4-18)43(40,41)42-22-9-6-20(7-10-22)28(36)17-34(29(37)25-14-8-21(32)16-27(25)33)35-30(38)24-13-5-19(2)15-26(24)31(35)39/h3-4,6-12,14,16,19,24,26H,5,13,15,17H2,1-2H3/t19-,24+,26-/m0/s1. The Balaban J connectivity index is 1.41. The zero-order valence-electron chi connectivity index (χ0n) is 23.3. The van der Waals surface area contributed by atoms with Crippen molar-refractivity contribution in [2.75, 3.05) is 6.54 Å². The summed E-state index contributed by atoms with van der Waals surface area (Å²) in [7, 11) is -4.11. The summed E-state index contributed by atoms with van der Waals surface area (Å²) in [6, 6.07) is 15.6. The maximum Gasteiger partial charge on any atom is 0.339 e. The van der Waals surface area contributed by atoms with Crippen molar-refractivity contribution in [2.24, 2.45) is 17.8 Å². The SMILES string of the molecule is Cc1ccc(S(=O)(=O)Oc2ccc(C(=O)CN(C(=O)c3ccc(Cl)cc3Cl)N3C(=O)[C@H]4C[C@@H](C)CC[C@H]4C3=O)cc2)cc1. The number of hydrogen-bond donors (Lipinski definition) is 0. The van der Waals surface area contributed by atoms with Crippen LogP contribution in [0.5, 0.6) is 5.75 Å². The molecule has 0 N–H and O–H groups in total. The normalized spacial score (nSPS) is 20.1. The molecule has 224 valence electrons. The molecular formula is C31H28Cl2N2O7S. The average Bonchev–Trinajstić information content (AvgIpc) is 3.20. The summed E-state index contributed by atoms with van der Waals surface area (Å²) >= 11 is 12.3. The Kier molecular flexibility index (Phi) is 8.65. The molecule has 1 aliphatic carbocycles. The van der Waals surface area contributed by atoms with Crippen molar-refractivity contribution in [3.63, 3.8) is 0 Å². The third-order valence-corrected chi connectivity index (χ3v) is 9.60. The highest BCUT2D eigenvalue weighted by Gasteiger charge is 2.53. The van der Waals surface area contributed by atoms with Gasteiger partial charge in [-0.2, -0.15) is 13.4 Å². The van der Waals surface area contributed by atoms with Crippen LogP contribution < -0.4 is 4.18 Å². The van der Waals surface area contributed by atoms with Crippen LogP contribution in [0.1, 0.15) is 52.5 Å². The van der Waals surface area contributed by atoms with E-state index in [4.69, 9.17) is 27.4 Å². The van der Waals surface area contributed by atoms with Crippen LogP contribution >= 0.6 is 23.2 Å². The lowest BCUT2D eigenvalue weighted by Gasteiger charge is -2.30. The van der Waals surface area contributed by atoms with Crippen LogP contribution in [0.4, 0.5) is 0 Å². The molecule has 0 radical (unpaired) electrons. The number of fused-ring (bicyclic) bond motifs is 1. The van der Waals surface area contributed by atoms with Crippen LogP contribution in [0, 0.1) is 24.7 Å². The fraction of sp³-hybridized carbons (Fsp3) is 0.290. The van der Waals surface area contributed by atoms with Gasteiger partial charge in [-0.1, -0.05) is 47.8 Å². The van der Waals surface area contributed by atoms with Gasteiger partial charge in [0.25, 0.3) is 17.7 Å². The maximum atomic E-state index is 13.8. The van der Waals surface area contributed by atoms with Crippen LogP contribution in [0.15, 0.2) is 71.6 Å². The number of benzene rings is 3. The molecule has 3 atom stereocenters. The Morgan fingerprint density at radius 1 is 0.930 bits per heavy atom. The molecule has 0 spiro atoms. The number of hydrazine groups is 1. The van der Waals surface area contributed by atoms with E-state index >= 15 is 0 Å². The molecule has 2 aliphatic rings. The number of nitrogens with zero attached hydrogens (tertiary/aromatic N) is 2. The predicted molar refractivity (Wildman–Crippen MR) is 159 cm³/mol. The lowest BCUT2D eigenvalue weighted by atomic mass is 9.76. The Morgan fingerprint density at radius 2 is 1.58 bits per heavy atom. The molecular weight excluding hydrogens is 615 g/mol. The van der Waals surface area contributed by atoms with Crippen molar-refractivity contribution in [1.29, 1.82) is 0 Å². The van der Waals surface area contributed by atoms with Crippen LogP contribution in [-0.2, 0) is 19.7 Å². The van der Waals surface area contributed by atoms with E-state index in [1.54, 1.807) is 12.1 Å². The first-order valence-corrected chi connectivity index (χ1v) is 15.8. The van der Waals surface area contributed by atoms with E-state index in [1.165, 1.54) is 54.6 Å². The van der Waals surface area contributed by atoms with Gasteiger partial charge in [0.1, 0.15) is 17.2 Å². The number of Topliss-reactive ketones (excluding diaryl/α,β-unsaturated/α-hetero) is 1. The number of carbonyl (C=O) groups is 4. The number of imide groups is 1. The third kappa shape index (κ3) is 6.32. The van der Waals surface area contributed by atoms with Crippen LogP contribution in [0.25, 0.3) is 0 Å². The summed E-state index contributed by atoms with van der Waals surface area (Å²) in [5.74, 6) is -3.40. The highest BCUT2D eigenvalue weighted by atomic mass is 35.5. The Hall–Kier alpha value is -3.73. The van der Waals surface area contributed by atoms with Gasteiger partial charge in [-0.05, 0) is 86.7 Å². The van der Waals surface area contributed by atoms with Crippen molar-refractivity contribution in [3.8, 4) is 5.75 Å². The summed E-state index contributed by atoms with van der Waals surface area (Å²) < 4.78 is 30.5. The number of rotatable bonds is 8. The maximum absolute atomic E-state index is 13.8. The van der Waals surface area contributed by atoms with Crippen molar-refractivity contribution < 1.29 is 31.8 Å². The van der Waals surface area contributed by atoms with Gasteiger partial charge >= 0.3 is 10.1 Å². The Morgan fingerprint density at radius 3 is 2.23 bits per heavy atom. The van der Waals surface area contributed by atoms with E-state index in [2.05, 4.69) is 0 Å². The van der Waals surface area contributed by atoms with Gasteiger partial charge in [0.15, 0.2) is 5.78 Å². The van der Waals surface area contributed by atoms with Gasteiger partial charge in [0.05, 0.1) is 22.4 Å². The summed E-state index contributed by atoms with van der Waals surface area (Å²) in [4.78, 5) is 54.2. The van der Waals surface area contributed by atoms with Crippen LogP contribution in [-0.4, -0.2) is 48.5 Å². The molecule has 3 amide bonds. The van der Waals surface area contributed by atoms with Gasteiger partial charge in [-0.15, -0.1) is 0 Å². The molecule has 0 unspecified atom stereocenters. The largest absolute Gasteiger partial charge is 0.379 e. The first kappa shape index (κ1) is 30.7. The fourth-order valence-electron chi connectivity index (χ4n) is 5.45. The molecule has 3 aromatic carbocycles.